The van der Waals surface area contributed by atoms with E-state index in [4.69, 9.17) is 27.9 Å². The van der Waals surface area contributed by atoms with Crippen LogP contribution >= 0.6 is 23.2 Å². The van der Waals surface area contributed by atoms with Crippen molar-refractivity contribution >= 4 is 33.8 Å². The van der Waals surface area contributed by atoms with Crippen LogP contribution in [0.25, 0.3) is 10.6 Å². The highest BCUT2D eigenvalue weighted by Crippen LogP contribution is 2.37. The average Bonchev–Trinajstić information content (AvgIpc) is 2.74. The molecule has 0 fully saturated rings. The normalized spacial score (nSPS) is 11.8. The number of halogens is 2. The first-order valence-corrected chi connectivity index (χ1v) is 10.1. The van der Waals surface area contributed by atoms with Crippen molar-refractivity contribution in [2.45, 2.75) is 6.92 Å². The van der Waals surface area contributed by atoms with E-state index in [0.717, 1.165) is 35.4 Å². The van der Waals surface area contributed by atoms with Gasteiger partial charge >= 0.3 is 0 Å². The van der Waals surface area contributed by atoms with Crippen molar-refractivity contribution in [3.8, 4) is 5.75 Å². The van der Waals surface area contributed by atoms with Gasteiger partial charge in [0.1, 0.15) is 12.4 Å². The minimum atomic E-state index is 0.569. The van der Waals surface area contributed by atoms with Gasteiger partial charge in [0.15, 0.2) is 0 Å². The summed E-state index contributed by atoms with van der Waals surface area (Å²) in [5.41, 5.74) is 3.89. The molecular weight excluding hydrogens is 389 g/mol. The molecule has 0 heterocycles. The predicted octanol–water partition coefficient (Wildman–Crippen LogP) is 6.48. The molecule has 3 rings (SSSR count). The lowest BCUT2D eigenvalue weighted by Gasteiger charge is -2.15. The lowest BCUT2D eigenvalue weighted by Crippen LogP contribution is -2.20. The molecule has 0 aliphatic rings. The number of hydrogen-bond donors (Lipinski definition) is 1. The van der Waals surface area contributed by atoms with Crippen LogP contribution in [0.2, 0.25) is 5.02 Å². The summed E-state index contributed by atoms with van der Waals surface area (Å²) >= 11 is 13.4. The topological polar surface area (TPSA) is 21.3 Å². The zero-order valence-electron chi connectivity index (χ0n) is 15.8. The molecule has 0 spiro atoms. The van der Waals surface area contributed by atoms with Gasteiger partial charge in [-0.2, -0.15) is 0 Å². The van der Waals surface area contributed by atoms with Crippen LogP contribution in [0.3, 0.4) is 0 Å². The Bertz CT molecular complexity index is 924. The molecule has 3 aromatic rings. The van der Waals surface area contributed by atoms with Crippen molar-refractivity contribution < 1.29 is 4.74 Å². The summed E-state index contributed by atoms with van der Waals surface area (Å²) in [6, 6.07) is 25.9. The average molecular weight is 412 g/mol. The summed E-state index contributed by atoms with van der Waals surface area (Å²) in [6.45, 7) is 4.33. The summed E-state index contributed by atoms with van der Waals surface area (Å²) in [6.07, 6.45) is 0. The molecular formula is C24H23Cl2NO. The number of ether oxygens (including phenoxy) is 1. The molecule has 0 radical (unpaired) electrons. The number of likely N-dealkylation sites (N-methyl/N-ethyl adjacent to an activating group) is 1. The third kappa shape index (κ3) is 5.17. The third-order valence-electron chi connectivity index (χ3n) is 4.32. The Morgan fingerprint density at radius 1 is 0.857 bits per heavy atom. The van der Waals surface area contributed by atoms with E-state index in [9.17, 15) is 0 Å². The molecule has 0 saturated heterocycles. The highest BCUT2D eigenvalue weighted by Gasteiger charge is 2.14. The van der Waals surface area contributed by atoms with Crippen LogP contribution in [-0.2, 0) is 0 Å². The summed E-state index contributed by atoms with van der Waals surface area (Å²) < 4.78 is 5.78. The van der Waals surface area contributed by atoms with E-state index in [0.29, 0.717) is 22.4 Å². The fourth-order valence-corrected chi connectivity index (χ4v) is 3.52. The van der Waals surface area contributed by atoms with Crippen molar-refractivity contribution in [3.05, 3.63) is 101 Å². The van der Waals surface area contributed by atoms with Crippen LogP contribution in [-0.4, -0.2) is 19.7 Å². The second-order valence-electron chi connectivity index (χ2n) is 6.27. The predicted molar refractivity (Wildman–Crippen MR) is 120 cm³/mol. The lowest BCUT2D eigenvalue weighted by molar-refractivity contribution is 0.315. The lowest BCUT2D eigenvalue weighted by atomic mass is 9.95. The smallest absolute Gasteiger partial charge is 0.137 e. The van der Waals surface area contributed by atoms with Crippen LogP contribution in [0, 0.1) is 0 Å². The Balaban J connectivity index is 1.99. The van der Waals surface area contributed by atoms with Gasteiger partial charge in [0.25, 0.3) is 0 Å². The van der Waals surface area contributed by atoms with Crippen molar-refractivity contribution in [1.82, 2.24) is 5.32 Å². The molecule has 0 aromatic heterocycles. The first-order valence-electron chi connectivity index (χ1n) is 9.34. The largest absolute Gasteiger partial charge is 0.491 e. The van der Waals surface area contributed by atoms with Gasteiger partial charge in [0, 0.05) is 12.1 Å². The maximum absolute atomic E-state index is 6.85. The summed E-state index contributed by atoms with van der Waals surface area (Å²) in [7, 11) is 0. The molecule has 2 nitrogen and oxygen atoms in total. The summed E-state index contributed by atoms with van der Waals surface area (Å²) in [5.74, 6) is 0.673. The van der Waals surface area contributed by atoms with E-state index < -0.39 is 0 Å². The van der Waals surface area contributed by atoms with Crippen molar-refractivity contribution in [3.63, 3.8) is 0 Å². The number of nitrogens with one attached hydrogen (secondary N) is 1. The van der Waals surface area contributed by atoms with E-state index in [1.54, 1.807) is 0 Å². The number of benzene rings is 3. The van der Waals surface area contributed by atoms with Gasteiger partial charge in [0.2, 0.25) is 0 Å². The zero-order valence-corrected chi connectivity index (χ0v) is 17.3. The van der Waals surface area contributed by atoms with Gasteiger partial charge in [-0.3, -0.25) is 0 Å². The standard InChI is InChI=1S/C24H23Cl2NO/c1-2-27-15-16-28-22-14-13-20(17-21(22)25)23(18-9-5-3-6-10-18)24(26)19-11-7-4-8-12-19/h3-14,17,27H,2,15-16H2,1H3/b24-23-. The number of rotatable bonds is 8. The molecule has 0 saturated carbocycles. The first-order chi connectivity index (χ1) is 13.7. The molecule has 3 aromatic carbocycles. The fraction of sp³-hybridized carbons (Fsp3) is 0.167. The van der Waals surface area contributed by atoms with Gasteiger partial charge in [-0.05, 0) is 35.4 Å². The molecule has 1 N–H and O–H groups in total. The zero-order chi connectivity index (χ0) is 19.8. The minimum absolute atomic E-state index is 0.569. The minimum Gasteiger partial charge on any atom is -0.491 e. The maximum atomic E-state index is 6.85. The van der Waals surface area contributed by atoms with E-state index in [-0.39, 0.29) is 0 Å². The molecule has 0 aliphatic heterocycles. The second-order valence-corrected chi connectivity index (χ2v) is 7.05. The Labute approximate surface area is 176 Å². The van der Waals surface area contributed by atoms with Gasteiger partial charge in [-0.15, -0.1) is 0 Å². The van der Waals surface area contributed by atoms with E-state index in [2.05, 4.69) is 24.4 Å². The molecule has 0 amide bonds. The Morgan fingerprint density at radius 2 is 1.50 bits per heavy atom. The quantitative estimate of drug-likeness (QED) is 0.338. The highest BCUT2D eigenvalue weighted by molar-refractivity contribution is 6.53. The molecule has 28 heavy (non-hydrogen) atoms. The Morgan fingerprint density at radius 3 is 2.11 bits per heavy atom. The SMILES string of the molecule is CCNCCOc1ccc(/C(=C(\Cl)c2ccccc2)c2ccccc2)cc1Cl. The van der Waals surface area contributed by atoms with Crippen LogP contribution < -0.4 is 10.1 Å². The van der Waals surface area contributed by atoms with Crippen LogP contribution in [0.4, 0.5) is 0 Å². The molecule has 144 valence electrons. The molecule has 0 unspecified atom stereocenters. The van der Waals surface area contributed by atoms with Crippen LogP contribution in [0.15, 0.2) is 78.9 Å². The van der Waals surface area contributed by atoms with Crippen molar-refractivity contribution in [1.29, 1.82) is 0 Å². The first kappa shape index (κ1) is 20.5. The Hall–Kier alpha value is -2.26. The molecule has 0 atom stereocenters. The van der Waals surface area contributed by atoms with Crippen LogP contribution in [0.5, 0.6) is 5.75 Å². The van der Waals surface area contributed by atoms with E-state index >= 15 is 0 Å². The monoisotopic (exact) mass is 411 g/mol. The molecule has 0 bridgehead atoms. The van der Waals surface area contributed by atoms with Crippen molar-refractivity contribution in [2.24, 2.45) is 0 Å². The van der Waals surface area contributed by atoms with Gasteiger partial charge in [-0.25, -0.2) is 0 Å². The third-order valence-corrected chi connectivity index (χ3v) is 5.02. The highest BCUT2D eigenvalue weighted by atomic mass is 35.5. The second kappa shape index (κ2) is 10.3. The number of hydrogen-bond acceptors (Lipinski definition) is 2. The van der Waals surface area contributed by atoms with Gasteiger partial charge in [0.05, 0.1) is 10.1 Å². The van der Waals surface area contributed by atoms with Gasteiger partial charge < -0.3 is 10.1 Å². The summed E-state index contributed by atoms with van der Waals surface area (Å²) in [4.78, 5) is 0. The molecule has 4 heteroatoms. The fourth-order valence-electron chi connectivity index (χ4n) is 2.94. The van der Waals surface area contributed by atoms with Gasteiger partial charge in [-0.1, -0.05) is 96.9 Å². The molecule has 0 aliphatic carbocycles. The van der Waals surface area contributed by atoms with E-state index in [1.807, 2.05) is 66.7 Å². The van der Waals surface area contributed by atoms with E-state index in [1.165, 1.54) is 0 Å². The Kier molecular flexibility index (Phi) is 7.55. The van der Waals surface area contributed by atoms with Crippen molar-refractivity contribution in [2.75, 3.05) is 19.7 Å². The van der Waals surface area contributed by atoms with Crippen LogP contribution in [0.1, 0.15) is 23.6 Å². The maximum Gasteiger partial charge on any atom is 0.137 e. The summed E-state index contributed by atoms with van der Waals surface area (Å²) in [5, 5.41) is 4.48.